The van der Waals surface area contributed by atoms with Crippen molar-refractivity contribution in [2.45, 2.75) is 6.54 Å². The summed E-state index contributed by atoms with van der Waals surface area (Å²) in [6.07, 6.45) is 0. The number of carbonyl (C=O) groups is 4. The first kappa shape index (κ1) is 20.3. The zero-order valence-corrected chi connectivity index (χ0v) is 16.6. The highest BCUT2D eigenvalue weighted by Gasteiger charge is 2.41. The summed E-state index contributed by atoms with van der Waals surface area (Å²) in [4.78, 5) is 50.5. The summed E-state index contributed by atoms with van der Waals surface area (Å²) in [5, 5.41) is 2.74. The molecule has 1 unspecified atom stereocenters. The Morgan fingerprint density at radius 2 is 1.76 bits per heavy atom. The van der Waals surface area contributed by atoms with Gasteiger partial charge >= 0.3 is 0 Å². The maximum absolute atomic E-state index is 12.3. The smallest absolute Gasteiger partial charge is 0.290 e. The molecule has 2 aromatic carbocycles. The van der Waals surface area contributed by atoms with Crippen molar-refractivity contribution in [3.63, 3.8) is 0 Å². The highest BCUT2D eigenvalue weighted by atomic mass is 16.2. The Kier molecular flexibility index (Phi) is 5.77. The largest absolute Gasteiger partial charge is 0.351 e. The van der Waals surface area contributed by atoms with Gasteiger partial charge in [-0.3, -0.25) is 19.2 Å². The number of carbonyl (C=O) groups excluding carboxylic acids is 4. The maximum Gasteiger partial charge on any atom is 0.290 e. The Morgan fingerprint density at radius 1 is 1.07 bits per heavy atom. The lowest BCUT2D eigenvalue weighted by molar-refractivity contribution is -0.142. The molecule has 0 bridgehead atoms. The number of ketones is 1. The molecule has 150 valence electrons. The van der Waals surface area contributed by atoms with E-state index in [1.165, 1.54) is 16.8 Å². The first-order valence-corrected chi connectivity index (χ1v) is 9.26. The fourth-order valence-corrected chi connectivity index (χ4v) is 3.22. The third-order valence-corrected chi connectivity index (χ3v) is 4.91. The molecule has 3 amide bonds. The van der Waals surface area contributed by atoms with Crippen LogP contribution in [0.5, 0.6) is 0 Å². The molecule has 1 saturated heterocycles. The number of hydrogen-bond acceptors (Lipinski definition) is 4. The van der Waals surface area contributed by atoms with E-state index < -0.39 is 23.5 Å². The van der Waals surface area contributed by atoms with Gasteiger partial charge in [-0.2, -0.15) is 0 Å². The fraction of sp³-hybridized carbons (Fsp3) is 0.273. The van der Waals surface area contributed by atoms with E-state index in [1.54, 1.807) is 26.2 Å². The van der Waals surface area contributed by atoms with Crippen LogP contribution in [0.2, 0.25) is 0 Å². The minimum Gasteiger partial charge on any atom is -0.351 e. The monoisotopic (exact) mass is 393 g/mol. The van der Waals surface area contributed by atoms with Crippen molar-refractivity contribution < 1.29 is 19.2 Å². The summed E-state index contributed by atoms with van der Waals surface area (Å²) in [7, 11) is 4.93. The van der Waals surface area contributed by atoms with Gasteiger partial charge in [-0.05, 0) is 34.9 Å². The lowest BCUT2D eigenvalue weighted by Gasteiger charge is -2.12. The Morgan fingerprint density at radius 3 is 2.34 bits per heavy atom. The molecule has 0 aliphatic carbocycles. The molecule has 7 nitrogen and oxygen atoms in total. The molecule has 7 heteroatoms. The lowest BCUT2D eigenvalue weighted by Crippen LogP contribution is -2.35. The minimum absolute atomic E-state index is 0.0569. The Hall–Kier alpha value is -3.48. The lowest BCUT2D eigenvalue weighted by atomic mass is 10.0. The summed E-state index contributed by atoms with van der Waals surface area (Å²) < 4.78 is 0. The SMILES string of the molecule is CN(C)C(=O)c1ccc(-c2cccc(CNC(=O)C3CN(C)C(=O)C3=O)c2)cc1. The molecule has 29 heavy (non-hydrogen) atoms. The number of amides is 3. The third-order valence-electron chi connectivity index (χ3n) is 4.91. The van der Waals surface area contributed by atoms with Crippen molar-refractivity contribution in [2.24, 2.45) is 5.92 Å². The highest BCUT2D eigenvalue weighted by molar-refractivity contribution is 6.42. The zero-order valence-electron chi connectivity index (χ0n) is 16.6. The van der Waals surface area contributed by atoms with Crippen molar-refractivity contribution in [3.05, 3.63) is 59.7 Å². The van der Waals surface area contributed by atoms with Crippen LogP contribution in [0.1, 0.15) is 15.9 Å². The quantitative estimate of drug-likeness (QED) is 0.613. The van der Waals surface area contributed by atoms with Crippen molar-refractivity contribution >= 4 is 23.5 Å². The molecular formula is C22H23N3O4. The highest BCUT2D eigenvalue weighted by Crippen LogP contribution is 2.22. The average Bonchev–Trinajstić information content (AvgIpc) is 2.99. The van der Waals surface area contributed by atoms with Gasteiger partial charge in [0.05, 0.1) is 0 Å². The van der Waals surface area contributed by atoms with Crippen molar-refractivity contribution in [3.8, 4) is 11.1 Å². The van der Waals surface area contributed by atoms with Crippen molar-refractivity contribution in [1.82, 2.24) is 15.1 Å². The second-order valence-electron chi connectivity index (χ2n) is 7.30. The third kappa shape index (κ3) is 4.34. The molecule has 1 N–H and O–H groups in total. The standard InChI is InChI=1S/C22H23N3O4/c1-24(2)21(28)16-9-7-15(8-10-16)17-6-4-5-14(11-17)12-23-20(27)18-13-25(3)22(29)19(18)26/h4-11,18H,12-13H2,1-3H3,(H,23,27). The number of benzene rings is 2. The van der Waals surface area contributed by atoms with Crippen molar-refractivity contribution in [1.29, 1.82) is 0 Å². The van der Waals surface area contributed by atoms with Gasteiger partial charge in [-0.25, -0.2) is 0 Å². The number of likely N-dealkylation sites (N-methyl/N-ethyl adjacent to an activating group) is 1. The van der Waals surface area contributed by atoms with E-state index in [2.05, 4.69) is 5.32 Å². The minimum atomic E-state index is -0.947. The Labute approximate surface area is 169 Å². The van der Waals surface area contributed by atoms with Crippen molar-refractivity contribution in [2.75, 3.05) is 27.7 Å². The molecule has 1 fully saturated rings. The maximum atomic E-state index is 12.3. The zero-order chi connectivity index (χ0) is 21.1. The van der Waals surface area contributed by atoms with Crippen LogP contribution in [0.4, 0.5) is 0 Å². The van der Waals surface area contributed by atoms with Crippen LogP contribution in [-0.2, 0) is 20.9 Å². The number of hydrogen-bond donors (Lipinski definition) is 1. The van der Waals surface area contributed by atoms with Gasteiger partial charge < -0.3 is 15.1 Å². The summed E-state index contributed by atoms with van der Waals surface area (Å²) in [6, 6.07) is 15.0. The van der Waals surface area contributed by atoms with Gasteiger partial charge in [0, 0.05) is 39.8 Å². The number of nitrogens with one attached hydrogen (secondary N) is 1. The molecule has 1 heterocycles. The topological polar surface area (TPSA) is 86.8 Å². The van der Waals surface area contributed by atoms with Crippen LogP contribution in [0.15, 0.2) is 48.5 Å². The molecule has 2 aromatic rings. The van der Waals surface area contributed by atoms with E-state index in [-0.39, 0.29) is 19.0 Å². The van der Waals surface area contributed by atoms with E-state index in [9.17, 15) is 19.2 Å². The molecule has 1 atom stereocenters. The molecule has 1 aliphatic rings. The van der Waals surface area contributed by atoms with E-state index in [0.717, 1.165) is 16.7 Å². The number of rotatable bonds is 5. The first-order chi connectivity index (χ1) is 13.8. The normalized spacial score (nSPS) is 16.1. The fourth-order valence-electron chi connectivity index (χ4n) is 3.22. The van der Waals surface area contributed by atoms with Crippen LogP contribution in [0, 0.1) is 5.92 Å². The predicted octanol–water partition coefficient (Wildman–Crippen LogP) is 1.33. The Balaban J connectivity index is 1.67. The first-order valence-electron chi connectivity index (χ1n) is 9.26. The van der Waals surface area contributed by atoms with E-state index in [0.29, 0.717) is 5.56 Å². The summed E-state index contributed by atoms with van der Waals surface area (Å²) >= 11 is 0. The molecule has 3 rings (SSSR count). The van der Waals surface area contributed by atoms with Gasteiger partial charge in [0.1, 0.15) is 5.92 Å². The molecule has 0 aromatic heterocycles. The van der Waals surface area contributed by atoms with Gasteiger partial charge in [0.25, 0.3) is 11.8 Å². The molecule has 0 radical (unpaired) electrons. The Bertz CT molecular complexity index is 966. The average molecular weight is 393 g/mol. The second kappa shape index (κ2) is 8.26. The van der Waals surface area contributed by atoms with Gasteiger partial charge in [0.15, 0.2) is 0 Å². The molecule has 0 saturated carbocycles. The van der Waals surface area contributed by atoms with E-state index >= 15 is 0 Å². The summed E-state index contributed by atoms with van der Waals surface area (Å²) in [5.74, 6) is -2.73. The molecule has 0 spiro atoms. The van der Waals surface area contributed by atoms with E-state index in [4.69, 9.17) is 0 Å². The number of nitrogens with zero attached hydrogens (tertiary/aromatic N) is 2. The van der Waals surface area contributed by atoms with Gasteiger partial charge in [-0.1, -0.05) is 30.3 Å². The summed E-state index contributed by atoms with van der Waals surface area (Å²) in [6.45, 7) is 0.368. The van der Waals surface area contributed by atoms with Crippen LogP contribution in [-0.4, -0.2) is 61.0 Å². The second-order valence-corrected chi connectivity index (χ2v) is 7.30. The number of likely N-dealkylation sites (tertiary alicyclic amines) is 1. The van der Waals surface area contributed by atoms with Gasteiger partial charge in [-0.15, -0.1) is 0 Å². The summed E-state index contributed by atoms with van der Waals surface area (Å²) in [5.41, 5.74) is 3.39. The predicted molar refractivity (Wildman–Crippen MR) is 108 cm³/mol. The van der Waals surface area contributed by atoms with Crippen LogP contribution in [0.25, 0.3) is 11.1 Å². The van der Waals surface area contributed by atoms with Crippen LogP contribution < -0.4 is 5.32 Å². The van der Waals surface area contributed by atoms with Crippen LogP contribution in [0.3, 0.4) is 0 Å². The molecule has 1 aliphatic heterocycles. The van der Waals surface area contributed by atoms with Crippen LogP contribution >= 0.6 is 0 Å². The van der Waals surface area contributed by atoms with Gasteiger partial charge in [0.2, 0.25) is 11.7 Å². The molecular weight excluding hydrogens is 370 g/mol. The number of Topliss-reactive ketones (excluding diaryl/α,β-unsaturated/α-hetero) is 1. The van der Waals surface area contributed by atoms with E-state index in [1.807, 2.05) is 36.4 Å².